The molecule has 0 aliphatic carbocycles. The highest BCUT2D eigenvalue weighted by Gasteiger charge is 2.19. The maximum atomic E-state index is 12.4. The van der Waals surface area contributed by atoms with Crippen LogP contribution in [0.2, 0.25) is 10.0 Å². The number of halogens is 2. The second kappa shape index (κ2) is 9.27. The zero-order valence-electron chi connectivity index (χ0n) is 16.3. The second-order valence-electron chi connectivity index (χ2n) is 6.52. The number of nitrogens with one attached hydrogen (secondary N) is 1. The molecule has 0 unspecified atom stereocenters. The van der Waals surface area contributed by atoms with Crippen LogP contribution in [0.15, 0.2) is 59.7 Å². The van der Waals surface area contributed by atoms with Crippen molar-refractivity contribution in [3.63, 3.8) is 0 Å². The lowest BCUT2D eigenvalue weighted by molar-refractivity contribution is -0.131. The van der Waals surface area contributed by atoms with Gasteiger partial charge in [0.1, 0.15) is 0 Å². The Bertz CT molecular complexity index is 1050. The molecule has 0 aliphatic rings. The summed E-state index contributed by atoms with van der Waals surface area (Å²) in [7, 11) is 1.49. The minimum absolute atomic E-state index is 0.340. The molecule has 150 valence electrons. The van der Waals surface area contributed by atoms with Gasteiger partial charge in [0, 0.05) is 29.7 Å². The summed E-state index contributed by atoms with van der Waals surface area (Å²) in [5.74, 6) is -0.340. The number of hydrogen-bond donors (Lipinski definition) is 1. The number of benzene rings is 2. The maximum Gasteiger partial charge on any atom is 0.273 e. The van der Waals surface area contributed by atoms with E-state index < -0.39 is 6.10 Å². The van der Waals surface area contributed by atoms with Gasteiger partial charge in [0.15, 0.2) is 6.10 Å². The van der Waals surface area contributed by atoms with E-state index in [-0.39, 0.29) is 5.91 Å². The number of aromatic nitrogens is 1. The third kappa shape index (κ3) is 4.70. The number of carbonyl (C=O) groups is 1. The van der Waals surface area contributed by atoms with Gasteiger partial charge in [-0.3, -0.25) is 4.79 Å². The number of amides is 1. The predicted molar refractivity (Wildman–Crippen MR) is 117 cm³/mol. The zero-order valence-corrected chi connectivity index (χ0v) is 17.8. The highest BCUT2D eigenvalue weighted by molar-refractivity contribution is 6.42. The monoisotopic (exact) mass is 429 g/mol. The number of nitrogens with zero attached hydrogens (tertiary/aromatic N) is 2. The summed E-state index contributed by atoms with van der Waals surface area (Å²) in [6, 6.07) is 16.7. The van der Waals surface area contributed by atoms with Crippen molar-refractivity contribution < 1.29 is 9.53 Å². The fraction of sp³-hybridized carbons (Fsp3) is 0.182. The standard InChI is InChI=1S/C22H21Cl2N3O2/c1-14-11-17(15(2)27(14)18-9-10-19(23)20(24)12-18)13-25-26-22(28)21(29-3)16-7-5-4-6-8-16/h4-13,21H,1-3H3,(H,26,28)/b25-13-/t21-/m1/s1. The molecule has 0 saturated carbocycles. The van der Waals surface area contributed by atoms with Crippen LogP contribution in [0.1, 0.15) is 28.6 Å². The van der Waals surface area contributed by atoms with Crippen LogP contribution >= 0.6 is 23.2 Å². The summed E-state index contributed by atoms with van der Waals surface area (Å²) in [5.41, 5.74) is 7.07. The summed E-state index contributed by atoms with van der Waals surface area (Å²) in [5, 5.41) is 5.11. The molecule has 0 radical (unpaired) electrons. The average Bonchev–Trinajstić information content (AvgIpc) is 2.99. The summed E-state index contributed by atoms with van der Waals surface area (Å²) < 4.78 is 7.36. The van der Waals surface area contributed by atoms with Crippen LogP contribution in [-0.4, -0.2) is 23.8 Å². The maximum absolute atomic E-state index is 12.4. The van der Waals surface area contributed by atoms with Crippen LogP contribution < -0.4 is 5.43 Å². The van der Waals surface area contributed by atoms with Gasteiger partial charge in [-0.1, -0.05) is 53.5 Å². The van der Waals surface area contributed by atoms with Gasteiger partial charge in [-0.25, -0.2) is 5.43 Å². The molecule has 1 amide bonds. The Kier molecular flexibility index (Phi) is 6.75. The number of hydrazone groups is 1. The van der Waals surface area contributed by atoms with Crippen molar-refractivity contribution in [1.82, 2.24) is 9.99 Å². The van der Waals surface area contributed by atoms with Crippen LogP contribution in [0.4, 0.5) is 0 Å². The topological polar surface area (TPSA) is 55.6 Å². The Balaban J connectivity index is 1.77. The van der Waals surface area contributed by atoms with Gasteiger partial charge in [-0.05, 0) is 43.7 Å². The van der Waals surface area contributed by atoms with E-state index in [1.807, 2.05) is 66.9 Å². The Morgan fingerprint density at radius 2 is 1.83 bits per heavy atom. The van der Waals surface area contributed by atoms with Crippen LogP contribution in [0.5, 0.6) is 0 Å². The highest BCUT2D eigenvalue weighted by Crippen LogP contribution is 2.27. The smallest absolute Gasteiger partial charge is 0.273 e. The lowest BCUT2D eigenvalue weighted by Gasteiger charge is -2.13. The van der Waals surface area contributed by atoms with E-state index in [2.05, 4.69) is 10.5 Å². The Morgan fingerprint density at radius 3 is 2.48 bits per heavy atom. The third-order valence-electron chi connectivity index (χ3n) is 4.59. The first kappa shape index (κ1) is 21.1. The van der Waals surface area contributed by atoms with Crippen LogP contribution in [-0.2, 0) is 9.53 Å². The quantitative estimate of drug-likeness (QED) is 0.430. The summed E-state index contributed by atoms with van der Waals surface area (Å²) in [6.07, 6.45) is 0.892. The number of methoxy groups -OCH3 is 1. The first-order valence-corrected chi connectivity index (χ1v) is 9.73. The minimum Gasteiger partial charge on any atom is -0.367 e. The molecule has 3 aromatic rings. The van der Waals surface area contributed by atoms with Crippen molar-refractivity contribution in [1.29, 1.82) is 0 Å². The van der Waals surface area contributed by atoms with Gasteiger partial charge in [0.05, 0.1) is 16.3 Å². The van der Waals surface area contributed by atoms with Crippen molar-refractivity contribution in [2.75, 3.05) is 7.11 Å². The van der Waals surface area contributed by atoms with Crippen LogP contribution in [0.25, 0.3) is 5.69 Å². The molecule has 7 heteroatoms. The van der Waals surface area contributed by atoms with E-state index >= 15 is 0 Å². The molecular formula is C22H21Cl2N3O2. The number of rotatable bonds is 6. The molecule has 29 heavy (non-hydrogen) atoms. The van der Waals surface area contributed by atoms with E-state index in [0.29, 0.717) is 10.0 Å². The molecule has 0 fully saturated rings. The molecule has 1 N–H and O–H groups in total. The van der Waals surface area contributed by atoms with Crippen molar-refractivity contribution in [3.05, 3.63) is 87.2 Å². The third-order valence-corrected chi connectivity index (χ3v) is 5.33. The summed E-state index contributed by atoms with van der Waals surface area (Å²) in [4.78, 5) is 12.4. The molecular weight excluding hydrogens is 409 g/mol. The second-order valence-corrected chi connectivity index (χ2v) is 7.34. The summed E-state index contributed by atoms with van der Waals surface area (Å²) >= 11 is 12.2. The molecule has 1 atom stereocenters. The Morgan fingerprint density at radius 1 is 1.10 bits per heavy atom. The average molecular weight is 430 g/mol. The van der Waals surface area contributed by atoms with Crippen molar-refractivity contribution in [3.8, 4) is 5.69 Å². The zero-order chi connectivity index (χ0) is 21.0. The fourth-order valence-corrected chi connectivity index (χ4v) is 3.48. The largest absolute Gasteiger partial charge is 0.367 e. The van der Waals surface area contributed by atoms with E-state index in [0.717, 1.165) is 28.2 Å². The highest BCUT2D eigenvalue weighted by atomic mass is 35.5. The normalized spacial score (nSPS) is 12.3. The summed E-state index contributed by atoms with van der Waals surface area (Å²) in [6.45, 7) is 3.96. The Hall–Kier alpha value is -2.60. The van der Waals surface area contributed by atoms with Crippen molar-refractivity contribution >= 4 is 35.3 Å². The van der Waals surface area contributed by atoms with Crippen LogP contribution in [0, 0.1) is 13.8 Å². The van der Waals surface area contributed by atoms with Crippen molar-refractivity contribution in [2.24, 2.45) is 5.10 Å². The van der Waals surface area contributed by atoms with E-state index in [9.17, 15) is 4.79 Å². The molecule has 0 saturated heterocycles. The molecule has 0 spiro atoms. The van der Waals surface area contributed by atoms with E-state index in [4.69, 9.17) is 27.9 Å². The minimum atomic E-state index is -0.725. The molecule has 5 nitrogen and oxygen atoms in total. The SMILES string of the molecule is CO[C@@H](C(=O)N/N=C\c1cc(C)n(-c2ccc(Cl)c(Cl)c2)c1C)c1ccccc1. The van der Waals surface area contributed by atoms with Gasteiger partial charge in [-0.15, -0.1) is 0 Å². The van der Waals surface area contributed by atoms with Gasteiger partial charge < -0.3 is 9.30 Å². The van der Waals surface area contributed by atoms with Crippen molar-refractivity contribution in [2.45, 2.75) is 20.0 Å². The lowest BCUT2D eigenvalue weighted by atomic mass is 10.1. The Labute approximate surface area is 179 Å². The van der Waals surface area contributed by atoms with Gasteiger partial charge in [0.25, 0.3) is 5.91 Å². The van der Waals surface area contributed by atoms with E-state index in [1.165, 1.54) is 7.11 Å². The fourth-order valence-electron chi connectivity index (χ4n) is 3.19. The van der Waals surface area contributed by atoms with Gasteiger partial charge >= 0.3 is 0 Å². The number of ether oxygens (including phenoxy) is 1. The number of hydrogen-bond acceptors (Lipinski definition) is 3. The lowest BCUT2D eigenvalue weighted by Crippen LogP contribution is -2.26. The number of carbonyl (C=O) groups excluding carboxylic acids is 1. The molecule has 0 aliphatic heterocycles. The van der Waals surface area contributed by atoms with Gasteiger partial charge in [-0.2, -0.15) is 5.10 Å². The molecule has 0 bridgehead atoms. The predicted octanol–water partition coefficient (Wildman–Crippen LogP) is 5.24. The molecule has 1 heterocycles. The first-order chi connectivity index (χ1) is 13.9. The molecule has 3 rings (SSSR count). The van der Waals surface area contributed by atoms with Crippen LogP contribution in [0.3, 0.4) is 0 Å². The first-order valence-electron chi connectivity index (χ1n) is 8.97. The van der Waals surface area contributed by atoms with E-state index in [1.54, 1.807) is 12.3 Å². The molecule has 1 aromatic heterocycles. The number of aryl methyl sites for hydroxylation is 1. The van der Waals surface area contributed by atoms with Gasteiger partial charge in [0.2, 0.25) is 0 Å². The molecule has 2 aromatic carbocycles.